The molecule has 1 aliphatic heterocycles. The zero-order valence-corrected chi connectivity index (χ0v) is 19.4. The molecule has 2 amide bonds. The molecule has 0 saturated carbocycles. The summed E-state index contributed by atoms with van der Waals surface area (Å²) in [7, 11) is 0. The predicted molar refractivity (Wildman–Crippen MR) is 139 cm³/mol. The van der Waals surface area contributed by atoms with E-state index in [1.807, 2.05) is 12.1 Å². The van der Waals surface area contributed by atoms with Gasteiger partial charge in [-0.1, -0.05) is 48.5 Å². The number of nitro groups is 1. The molecule has 0 N–H and O–H groups in total. The van der Waals surface area contributed by atoms with Gasteiger partial charge in [-0.3, -0.25) is 29.5 Å². The van der Waals surface area contributed by atoms with Crippen LogP contribution in [0.3, 0.4) is 0 Å². The van der Waals surface area contributed by atoms with Crippen molar-refractivity contribution in [3.63, 3.8) is 0 Å². The van der Waals surface area contributed by atoms with Gasteiger partial charge < -0.3 is 4.42 Å². The number of benzene rings is 3. The molecular weight excluding hydrogens is 478 g/mol. The molecule has 8 nitrogen and oxygen atoms in total. The van der Waals surface area contributed by atoms with Gasteiger partial charge in [-0.15, -0.1) is 0 Å². The smallest absolute Gasteiger partial charge is 0.280 e. The van der Waals surface area contributed by atoms with Crippen molar-refractivity contribution < 1.29 is 18.9 Å². The third kappa shape index (κ3) is 4.08. The molecule has 0 unspecified atom stereocenters. The third-order valence-corrected chi connectivity index (χ3v) is 5.92. The lowest BCUT2D eigenvalue weighted by Gasteiger charge is -2.36. The lowest BCUT2D eigenvalue weighted by molar-refractivity contribution is -0.384. The van der Waals surface area contributed by atoms with E-state index < -0.39 is 16.7 Å². The molecule has 36 heavy (non-hydrogen) atoms. The summed E-state index contributed by atoms with van der Waals surface area (Å²) in [6.45, 7) is 0. The summed E-state index contributed by atoms with van der Waals surface area (Å²) < 4.78 is 5.81. The van der Waals surface area contributed by atoms with E-state index >= 15 is 0 Å². The summed E-state index contributed by atoms with van der Waals surface area (Å²) >= 11 is 5.59. The Morgan fingerprint density at radius 3 is 1.83 bits per heavy atom. The maximum absolute atomic E-state index is 13.5. The Bertz CT molecular complexity index is 1470. The van der Waals surface area contributed by atoms with Gasteiger partial charge in [0.2, 0.25) is 0 Å². The van der Waals surface area contributed by atoms with Crippen molar-refractivity contribution in [1.82, 2.24) is 0 Å². The molecule has 1 fully saturated rings. The van der Waals surface area contributed by atoms with Gasteiger partial charge in [-0.25, -0.2) is 0 Å². The van der Waals surface area contributed by atoms with Gasteiger partial charge in [-0.05, 0) is 60.8 Å². The van der Waals surface area contributed by atoms with Crippen molar-refractivity contribution in [2.24, 2.45) is 0 Å². The number of nitrogens with zero attached hydrogens (tertiary/aromatic N) is 3. The first-order chi connectivity index (χ1) is 17.5. The zero-order valence-electron chi connectivity index (χ0n) is 18.6. The predicted octanol–water partition coefficient (Wildman–Crippen LogP) is 5.60. The highest BCUT2D eigenvalue weighted by Crippen LogP contribution is 2.33. The minimum absolute atomic E-state index is 0.0274. The number of rotatable bonds is 5. The van der Waals surface area contributed by atoms with Gasteiger partial charge >= 0.3 is 0 Å². The van der Waals surface area contributed by atoms with Crippen LogP contribution in [0, 0.1) is 10.1 Å². The Morgan fingerprint density at radius 1 is 0.750 bits per heavy atom. The van der Waals surface area contributed by atoms with Gasteiger partial charge in [0, 0.05) is 6.07 Å². The summed E-state index contributed by atoms with van der Waals surface area (Å²) in [5, 5.41) is 11.4. The number of carbonyl (C=O) groups is 2. The van der Waals surface area contributed by atoms with E-state index in [2.05, 4.69) is 0 Å². The van der Waals surface area contributed by atoms with Gasteiger partial charge in [-0.2, -0.15) is 0 Å². The highest BCUT2D eigenvalue weighted by atomic mass is 32.1. The van der Waals surface area contributed by atoms with Crippen LogP contribution in [-0.4, -0.2) is 21.9 Å². The molecule has 1 aromatic heterocycles. The second-order valence-electron chi connectivity index (χ2n) is 7.77. The van der Waals surface area contributed by atoms with Crippen molar-refractivity contribution in [2.45, 2.75) is 0 Å². The van der Waals surface area contributed by atoms with Crippen molar-refractivity contribution in [1.29, 1.82) is 0 Å². The number of hydrogen-bond donors (Lipinski definition) is 0. The van der Waals surface area contributed by atoms with E-state index in [4.69, 9.17) is 16.6 Å². The third-order valence-electron chi connectivity index (χ3n) is 5.56. The second kappa shape index (κ2) is 9.40. The number of thiocarbonyl (C=S) groups is 1. The fourth-order valence-electron chi connectivity index (χ4n) is 3.90. The highest BCUT2D eigenvalue weighted by Gasteiger charge is 2.41. The van der Waals surface area contributed by atoms with E-state index in [0.29, 0.717) is 11.4 Å². The number of nitro benzene ring substituents is 1. The second-order valence-corrected chi connectivity index (χ2v) is 8.13. The number of hydrogen-bond acceptors (Lipinski definition) is 6. The minimum Gasteiger partial charge on any atom is -0.456 e. The summed E-state index contributed by atoms with van der Waals surface area (Å²) in [4.78, 5) is 40.6. The van der Waals surface area contributed by atoms with Crippen LogP contribution >= 0.6 is 12.2 Å². The van der Waals surface area contributed by atoms with E-state index in [1.54, 1.807) is 78.9 Å². The molecule has 0 bridgehead atoms. The molecule has 0 aliphatic carbocycles. The fourth-order valence-corrected chi connectivity index (χ4v) is 4.27. The average Bonchev–Trinajstić information content (AvgIpc) is 3.36. The number of amides is 2. The quantitative estimate of drug-likeness (QED) is 0.118. The summed E-state index contributed by atoms with van der Waals surface area (Å²) in [5.74, 6) is -0.784. The Kier molecular flexibility index (Phi) is 5.97. The zero-order chi connectivity index (χ0) is 25.2. The molecule has 0 spiro atoms. The molecule has 5 rings (SSSR count). The largest absolute Gasteiger partial charge is 0.456 e. The first kappa shape index (κ1) is 22.9. The molecule has 0 atom stereocenters. The van der Waals surface area contributed by atoms with Crippen LogP contribution in [-0.2, 0) is 9.59 Å². The van der Waals surface area contributed by atoms with Crippen LogP contribution in [0.25, 0.3) is 17.4 Å². The normalized spacial score (nSPS) is 13.8. The molecular formula is C27H17N3O5S. The van der Waals surface area contributed by atoms with Crippen LogP contribution in [0.2, 0.25) is 0 Å². The average molecular weight is 496 g/mol. The first-order valence-corrected chi connectivity index (χ1v) is 11.2. The number of carbonyl (C=O) groups excluding carboxylic acids is 2. The Hall–Kier alpha value is -4.89. The standard InChI is InChI=1S/C27H17N3O5S/c31-25-22(17-20-15-16-24(35-20)21-13-7-8-14-23(21)30(33)34)26(32)29(19-11-5-2-6-12-19)27(36)28(25)18-9-3-1-4-10-18/h1-17H. The number of anilines is 2. The summed E-state index contributed by atoms with van der Waals surface area (Å²) in [5.41, 5.74) is 1.01. The molecule has 1 aliphatic rings. The maximum Gasteiger partial charge on any atom is 0.280 e. The van der Waals surface area contributed by atoms with Gasteiger partial charge in [0.05, 0.1) is 21.9 Å². The first-order valence-electron chi connectivity index (χ1n) is 10.8. The number of para-hydroxylation sites is 3. The van der Waals surface area contributed by atoms with Crippen molar-refractivity contribution in [3.05, 3.63) is 119 Å². The molecule has 176 valence electrons. The van der Waals surface area contributed by atoms with Crippen LogP contribution < -0.4 is 9.80 Å². The van der Waals surface area contributed by atoms with E-state index in [1.165, 1.54) is 21.9 Å². The van der Waals surface area contributed by atoms with Crippen molar-refractivity contribution in [2.75, 3.05) is 9.80 Å². The Labute approximate surface area is 210 Å². The van der Waals surface area contributed by atoms with E-state index in [9.17, 15) is 19.7 Å². The lowest BCUT2D eigenvalue weighted by atomic mass is 10.1. The molecule has 0 radical (unpaired) electrons. The van der Waals surface area contributed by atoms with Crippen molar-refractivity contribution >= 4 is 52.3 Å². The van der Waals surface area contributed by atoms with Gasteiger partial charge in [0.25, 0.3) is 17.5 Å². The van der Waals surface area contributed by atoms with E-state index in [0.717, 1.165) is 0 Å². The summed E-state index contributed by atoms with van der Waals surface area (Å²) in [6.07, 6.45) is 1.33. The van der Waals surface area contributed by atoms with Crippen LogP contribution in [0.1, 0.15) is 5.76 Å². The van der Waals surface area contributed by atoms with Crippen molar-refractivity contribution in [3.8, 4) is 11.3 Å². The molecule has 9 heteroatoms. The van der Waals surface area contributed by atoms with E-state index in [-0.39, 0.29) is 33.5 Å². The van der Waals surface area contributed by atoms with Crippen LogP contribution in [0.15, 0.2) is 107 Å². The molecule has 3 aromatic carbocycles. The summed E-state index contributed by atoms with van der Waals surface area (Å²) in [6, 6.07) is 26.8. The molecule has 2 heterocycles. The topological polar surface area (TPSA) is 96.9 Å². The number of furan rings is 1. The van der Waals surface area contributed by atoms with Crippen LogP contribution in [0.5, 0.6) is 0 Å². The fraction of sp³-hybridized carbons (Fsp3) is 0. The maximum atomic E-state index is 13.5. The molecule has 1 saturated heterocycles. The lowest BCUT2D eigenvalue weighted by Crippen LogP contribution is -2.56. The highest BCUT2D eigenvalue weighted by molar-refractivity contribution is 7.81. The van der Waals surface area contributed by atoms with Crippen LogP contribution in [0.4, 0.5) is 17.1 Å². The minimum atomic E-state index is -0.605. The van der Waals surface area contributed by atoms with Gasteiger partial charge in [0.1, 0.15) is 17.1 Å². The SMILES string of the molecule is O=C1C(=Cc2ccc(-c3ccccc3[N+](=O)[O-])o2)C(=O)N(c2ccccc2)C(=S)N1c1ccccc1. The monoisotopic (exact) mass is 495 g/mol. The Morgan fingerprint density at radius 2 is 1.28 bits per heavy atom. The van der Waals surface area contributed by atoms with Gasteiger partial charge in [0.15, 0.2) is 5.11 Å². The Balaban J connectivity index is 1.60. The molecule has 4 aromatic rings.